The van der Waals surface area contributed by atoms with E-state index in [1.54, 1.807) is 13.2 Å². The van der Waals surface area contributed by atoms with Crippen LogP contribution in [0.5, 0.6) is 0 Å². The quantitative estimate of drug-likeness (QED) is 0.918. The number of nitrogens with one attached hydrogen (secondary N) is 1. The number of sulfonamides is 1. The van der Waals surface area contributed by atoms with Gasteiger partial charge in [-0.1, -0.05) is 0 Å². The number of nitrogens with zero attached hydrogens (tertiary/aromatic N) is 2. The zero-order valence-corrected chi connectivity index (χ0v) is 10.8. The Bertz CT molecular complexity index is 698. The Labute approximate surface area is 108 Å². The summed E-state index contributed by atoms with van der Waals surface area (Å²) in [5.41, 5.74) is 0.633. The van der Waals surface area contributed by atoms with Crippen molar-refractivity contribution in [3.05, 3.63) is 47.8 Å². The van der Waals surface area contributed by atoms with Crippen LogP contribution in [0.1, 0.15) is 5.56 Å². The van der Waals surface area contributed by atoms with E-state index in [0.29, 0.717) is 11.6 Å². The Balaban J connectivity index is 2.18. The molecule has 0 radical (unpaired) electrons. The van der Waals surface area contributed by atoms with Crippen molar-refractivity contribution >= 4 is 10.0 Å². The molecule has 1 aromatic carbocycles. The molecule has 2 rings (SSSR count). The van der Waals surface area contributed by atoms with Crippen molar-refractivity contribution in [2.45, 2.75) is 11.4 Å². The van der Waals surface area contributed by atoms with Crippen LogP contribution in [0.3, 0.4) is 0 Å². The molecule has 0 fully saturated rings. The average Bonchev–Trinajstić information content (AvgIpc) is 2.72. The van der Waals surface area contributed by atoms with E-state index in [1.807, 2.05) is 0 Å². The second kappa shape index (κ2) is 5.06. The monoisotopic (exact) mass is 287 g/mol. The lowest BCUT2D eigenvalue weighted by Gasteiger charge is -2.06. The van der Waals surface area contributed by atoms with Crippen LogP contribution in [0.4, 0.5) is 8.78 Å². The number of rotatable bonds is 4. The Kier molecular flexibility index (Phi) is 3.63. The van der Waals surface area contributed by atoms with Crippen LogP contribution >= 0.6 is 0 Å². The molecule has 1 aromatic heterocycles. The molecule has 0 aliphatic rings. The summed E-state index contributed by atoms with van der Waals surface area (Å²) in [6, 6.07) is 2.30. The lowest BCUT2D eigenvalue weighted by Crippen LogP contribution is -2.24. The number of aryl methyl sites for hydroxylation is 1. The highest BCUT2D eigenvalue weighted by Gasteiger charge is 2.19. The van der Waals surface area contributed by atoms with Crippen LogP contribution in [0.2, 0.25) is 0 Å². The lowest BCUT2D eigenvalue weighted by molar-refractivity contribution is 0.543. The van der Waals surface area contributed by atoms with Gasteiger partial charge in [-0.25, -0.2) is 21.9 Å². The minimum absolute atomic E-state index is 0.0208. The van der Waals surface area contributed by atoms with Crippen LogP contribution in [-0.2, 0) is 23.6 Å². The smallest absolute Gasteiger partial charge is 0.243 e. The third-order valence-corrected chi connectivity index (χ3v) is 3.84. The van der Waals surface area contributed by atoms with Gasteiger partial charge in [-0.3, -0.25) is 4.68 Å². The fourth-order valence-electron chi connectivity index (χ4n) is 1.51. The van der Waals surface area contributed by atoms with Gasteiger partial charge in [-0.2, -0.15) is 5.10 Å². The molecule has 0 atom stereocenters. The zero-order chi connectivity index (χ0) is 14.0. The number of benzene rings is 1. The number of hydrogen-bond acceptors (Lipinski definition) is 3. The predicted molar refractivity (Wildman–Crippen MR) is 63.6 cm³/mol. The van der Waals surface area contributed by atoms with E-state index in [9.17, 15) is 17.2 Å². The van der Waals surface area contributed by atoms with Crippen molar-refractivity contribution in [3.8, 4) is 0 Å². The van der Waals surface area contributed by atoms with Crippen molar-refractivity contribution in [1.82, 2.24) is 14.5 Å². The molecule has 0 aliphatic heterocycles. The summed E-state index contributed by atoms with van der Waals surface area (Å²) in [6.45, 7) is -0.0208. The summed E-state index contributed by atoms with van der Waals surface area (Å²) < 4.78 is 53.5. The molecule has 0 spiro atoms. The normalized spacial score (nSPS) is 11.7. The first-order chi connectivity index (χ1) is 8.88. The zero-order valence-electron chi connectivity index (χ0n) is 9.97. The fraction of sp³-hybridized carbons (Fsp3) is 0.182. The Hall–Kier alpha value is -1.80. The fourth-order valence-corrected chi connectivity index (χ4v) is 2.59. The summed E-state index contributed by atoms with van der Waals surface area (Å²) in [5, 5.41) is 3.88. The van der Waals surface area contributed by atoms with Gasteiger partial charge in [-0.05, 0) is 12.1 Å². The molecule has 1 N–H and O–H groups in total. The van der Waals surface area contributed by atoms with Crippen LogP contribution in [0, 0.1) is 11.6 Å². The maximum atomic E-state index is 13.4. The molecule has 2 aromatic rings. The molecule has 8 heteroatoms. The predicted octanol–water partition coefficient (Wildman–Crippen LogP) is 1.18. The van der Waals surface area contributed by atoms with Crippen LogP contribution in [-0.4, -0.2) is 18.2 Å². The Morgan fingerprint density at radius 3 is 2.68 bits per heavy atom. The van der Waals surface area contributed by atoms with Crippen LogP contribution in [0.15, 0.2) is 35.5 Å². The third-order valence-electron chi connectivity index (χ3n) is 2.41. The summed E-state index contributed by atoms with van der Waals surface area (Å²) in [7, 11) is -2.33. The first kappa shape index (κ1) is 13.6. The Morgan fingerprint density at radius 2 is 2.11 bits per heavy atom. The van der Waals surface area contributed by atoms with Gasteiger partial charge in [0, 0.05) is 31.4 Å². The molecule has 0 saturated carbocycles. The molecular weight excluding hydrogens is 276 g/mol. The molecule has 0 saturated heterocycles. The maximum absolute atomic E-state index is 13.4. The van der Waals surface area contributed by atoms with Gasteiger partial charge in [0.2, 0.25) is 10.0 Å². The van der Waals surface area contributed by atoms with Gasteiger partial charge in [-0.15, -0.1) is 0 Å². The van der Waals surface area contributed by atoms with Gasteiger partial charge in [0.05, 0.1) is 6.20 Å². The number of aromatic nitrogens is 2. The molecular formula is C11H11F2N3O2S. The van der Waals surface area contributed by atoms with E-state index in [2.05, 4.69) is 9.82 Å². The summed E-state index contributed by atoms with van der Waals surface area (Å²) >= 11 is 0. The van der Waals surface area contributed by atoms with Crippen molar-refractivity contribution in [2.24, 2.45) is 7.05 Å². The largest absolute Gasteiger partial charge is 0.275 e. The highest BCUT2D eigenvalue weighted by Crippen LogP contribution is 2.15. The van der Waals surface area contributed by atoms with Crippen LogP contribution in [0.25, 0.3) is 0 Å². The van der Waals surface area contributed by atoms with Gasteiger partial charge in [0.25, 0.3) is 0 Å². The molecule has 1 heterocycles. The van der Waals surface area contributed by atoms with Gasteiger partial charge >= 0.3 is 0 Å². The first-order valence-electron chi connectivity index (χ1n) is 5.31. The maximum Gasteiger partial charge on any atom is 0.243 e. The van der Waals surface area contributed by atoms with E-state index in [-0.39, 0.29) is 6.54 Å². The van der Waals surface area contributed by atoms with E-state index in [0.717, 1.165) is 12.1 Å². The SMILES string of the molecule is Cn1cc(CNS(=O)(=O)c2ccc(F)cc2F)cn1. The molecule has 0 bridgehead atoms. The molecule has 102 valence electrons. The second-order valence-corrected chi connectivity index (χ2v) is 5.66. The minimum atomic E-state index is -4.03. The molecule has 0 aliphatic carbocycles. The van der Waals surface area contributed by atoms with Gasteiger partial charge in [0.15, 0.2) is 0 Å². The van der Waals surface area contributed by atoms with E-state index >= 15 is 0 Å². The molecule has 0 amide bonds. The number of halogens is 2. The lowest BCUT2D eigenvalue weighted by atomic mass is 10.3. The van der Waals surface area contributed by atoms with Gasteiger partial charge in [0.1, 0.15) is 16.5 Å². The molecule has 19 heavy (non-hydrogen) atoms. The van der Waals surface area contributed by atoms with Crippen LogP contribution < -0.4 is 4.72 Å². The standard InChI is InChI=1S/C11H11F2N3O2S/c1-16-7-8(5-14-16)6-15-19(17,18)11-3-2-9(12)4-10(11)13/h2-5,7,15H,6H2,1H3. The topological polar surface area (TPSA) is 64.0 Å². The van der Waals surface area contributed by atoms with Crippen molar-refractivity contribution < 1.29 is 17.2 Å². The van der Waals surface area contributed by atoms with Crippen molar-refractivity contribution in [1.29, 1.82) is 0 Å². The summed E-state index contributed by atoms with van der Waals surface area (Å²) in [4.78, 5) is -0.585. The average molecular weight is 287 g/mol. The Morgan fingerprint density at radius 1 is 1.37 bits per heavy atom. The highest BCUT2D eigenvalue weighted by molar-refractivity contribution is 7.89. The first-order valence-corrected chi connectivity index (χ1v) is 6.79. The molecule has 0 unspecified atom stereocenters. The van der Waals surface area contributed by atoms with E-state index in [1.165, 1.54) is 10.9 Å². The molecule has 5 nitrogen and oxygen atoms in total. The number of hydrogen-bond donors (Lipinski definition) is 1. The summed E-state index contributed by atoms with van der Waals surface area (Å²) in [6.07, 6.45) is 3.12. The third kappa shape index (κ3) is 3.15. The second-order valence-electron chi connectivity index (χ2n) is 3.92. The summed E-state index contributed by atoms with van der Waals surface area (Å²) in [5.74, 6) is -1.96. The minimum Gasteiger partial charge on any atom is -0.275 e. The highest BCUT2D eigenvalue weighted by atomic mass is 32.2. The van der Waals surface area contributed by atoms with Crippen molar-refractivity contribution in [3.63, 3.8) is 0 Å². The van der Waals surface area contributed by atoms with Gasteiger partial charge < -0.3 is 0 Å². The van der Waals surface area contributed by atoms with E-state index in [4.69, 9.17) is 0 Å². The van der Waals surface area contributed by atoms with Crippen molar-refractivity contribution in [2.75, 3.05) is 0 Å². The van der Waals surface area contributed by atoms with E-state index < -0.39 is 26.6 Å².